The molecule has 0 fully saturated rings. The molecule has 0 saturated heterocycles. The molecule has 2 aromatic heterocycles. The molecule has 0 radical (unpaired) electrons. The normalized spacial score (nSPS) is 11.3. The number of hydrogen-bond acceptors (Lipinski definition) is 6. The summed E-state index contributed by atoms with van der Waals surface area (Å²) in [4.78, 5) is 18.2. The molecule has 2 heterocycles. The molecule has 6 nitrogen and oxygen atoms in total. The van der Waals surface area contributed by atoms with E-state index in [1.54, 1.807) is 25.3 Å². The number of benzene rings is 3. The Bertz CT molecular complexity index is 1540. The van der Waals surface area contributed by atoms with E-state index >= 15 is 0 Å². The monoisotopic (exact) mass is 472 g/mol. The van der Waals surface area contributed by atoms with Crippen molar-refractivity contribution in [3.63, 3.8) is 0 Å². The average molecular weight is 473 g/mol. The fraction of sp³-hybridized carbons (Fsp3) is 0.0400. The molecule has 162 valence electrons. The van der Waals surface area contributed by atoms with Gasteiger partial charge in [0.05, 0.1) is 18.0 Å². The second-order valence-corrected chi connectivity index (χ2v) is 8.53. The summed E-state index contributed by atoms with van der Waals surface area (Å²) in [6.45, 7) is 0. The zero-order valence-corrected chi connectivity index (χ0v) is 19.0. The van der Waals surface area contributed by atoms with E-state index in [-0.39, 0.29) is 5.56 Å². The summed E-state index contributed by atoms with van der Waals surface area (Å²) in [5, 5.41) is 10.8. The lowest BCUT2D eigenvalue weighted by Crippen LogP contribution is -2.22. The van der Waals surface area contributed by atoms with Crippen molar-refractivity contribution >= 4 is 46.0 Å². The highest BCUT2D eigenvalue weighted by Crippen LogP contribution is 2.28. The molecule has 0 spiro atoms. The summed E-state index contributed by atoms with van der Waals surface area (Å²) in [5.41, 5.74) is 2.20. The van der Waals surface area contributed by atoms with E-state index in [9.17, 15) is 4.79 Å². The number of rotatable bonds is 5. The summed E-state index contributed by atoms with van der Waals surface area (Å²) < 4.78 is 6.71. The van der Waals surface area contributed by atoms with Gasteiger partial charge in [0.25, 0.3) is 5.56 Å². The van der Waals surface area contributed by atoms with Crippen LogP contribution in [0.4, 0.5) is 0 Å². The standard InChI is InChI=1S/C25H17ClN4O2S/c1-32-19-12-9-16(10-13-19)11-14-22-27-21-8-3-2-7-20(21)24(31)30(22)25-29-28-23(33-25)17-5-4-6-18(26)15-17/h2-15H,1H3/b14-11+. The quantitative estimate of drug-likeness (QED) is 0.326. The van der Waals surface area contributed by atoms with Gasteiger partial charge in [-0.1, -0.05) is 65.4 Å². The maximum Gasteiger partial charge on any atom is 0.268 e. The predicted molar refractivity (Wildman–Crippen MR) is 133 cm³/mol. The number of nitrogens with zero attached hydrogens (tertiary/aromatic N) is 4. The Kier molecular flexibility index (Phi) is 5.73. The molecule has 5 aromatic rings. The molecule has 5 rings (SSSR count). The fourth-order valence-corrected chi connectivity index (χ4v) is 4.42. The smallest absolute Gasteiger partial charge is 0.268 e. The minimum absolute atomic E-state index is 0.205. The van der Waals surface area contributed by atoms with E-state index in [0.717, 1.165) is 16.9 Å². The van der Waals surface area contributed by atoms with Crippen molar-refractivity contribution < 1.29 is 4.74 Å². The minimum atomic E-state index is -0.205. The molecule has 0 unspecified atom stereocenters. The topological polar surface area (TPSA) is 69.9 Å². The van der Waals surface area contributed by atoms with Crippen LogP contribution in [0.25, 0.3) is 38.8 Å². The second kappa shape index (κ2) is 8.97. The predicted octanol–water partition coefficient (Wildman–Crippen LogP) is 5.74. The van der Waals surface area contributed by atoms with Crippen molar-refractivity contribution in [1.29, 1.82) is 0 Å². The van der Waals surface area contributed by atoms with Crippen molar-refractivity contribution in [3.05, 3.63) is 99.6 Å². The highest BCUT2D eigenvalue weighted by molar-refractivity contribution is 7.17. The Morgan fingerprint density at radius 2 is 1.79 bits per heavy atom. The van der Waals surface area contributed by atoms with Crippen LogP contribution in [0.2, 0.25) is 5.02 Å². The zero-order valence-electron chi connectivity index (χ0n) is 17.5. The number of aromatic nitrogens is 4. The molecule has 3 aromatic carbocycles. The van der Waals surface area contributed by atoms with Gasteiger partial charge in [0.1, 0.15) is 16.6 Å². The van der Waals surface area contributed by atoms with E-state index in [0.29, 0.717) is 31.9 Å². The van der Waals surface area contributed by atoms with Gasteiger partial charge in [-0.3, -0.25) is 4.79 Å². The summed E-state index contributed by atoms with van der Waals surface area (Å²) in [6.07, 6.45) is 3.70. The highest BCUT2D eigenvalue weighted by atomic mass is 35.5. The fourth-order valence-electron chi connectivity index (χ4n) is 3.38. The lowest BCUT2D eigenvalue weighted by atomic mass is 10.2. The van der Waals surface area contributed by atoms with E-state index in [1.807, 2.05) is 66.7 Å². The van der Waals surface area contributed by atoms with Crippen molar-refractivity contribution in [2.45, 2.75) is 0 Å². The highest BCUT2D eigenvalue weighted by Gasteiger charge is 2.16. The molecular formula is C25H17ClN4O2S. The second-order valence-electron chi connectivity index (χ2n) is 7.13. The van der Waals surface area contributed by atoms with Crippen molar-refractivity contribution in [3.8, 4) is 21.5 Å². The Hall–Kier alpha value is -3.81. The van der Waals surface area contributed by atoms with Gasteiger partial charge in [-0.2, -0.15) is 0 Å². The maximum absolute atomic E-state index is 13.4. The van der Waals surface area contributed by atoms with Gasteiger partial charge in [0.15, 0.2) is 0 Å². The Balaban J connectivity index is 1.63. The van der Waals surface area contributed by atoms with Crippen LogP contribution in [-0.2, 0) is 0 Å². The Morgan fingerprint density at radius 3 is 2.58 bits per heavy atom. The summed E-state index contributed by atoms with van der Waals surface area (Å²) >= 11 is 7.43. The van der Waals surface area contributed by atoms with Gasteiger partial charge < -0.3 is 4.74 Å². The summed E-state index contributed by atoms with van der Waals surface area (Å²) in [7, 11) is 1.63. The first kappa shape index (κ1) is 21.1. The number of halogens is 1. The van der Waals surface area contributed by atoms with Crippen LogP contribution in [0.15, 0.2) is 77.6 Å². The van der Waals surface area contributed by atoms with Crippen LogP contribution < -0.4 is 10.3 Å². The zero-order chi connectivity index (χ0) is 22.8. The molecule has 0 aliphatic rings. The van der Waals surface area contributed by atoms with Gasteiger partial charge >= 0.3 is 0 Å². The lowest BCUT2D eigenvalue weighted by Gasteiger charge is -2.08. The molecule has 0 aliphatic heterocycles. The van der Waals surface area contributed by atoms with E-state index in [1.165, 1.54) is 15.9 Å². The van der Waals surface area contributed by atoms with Gasteiger partial charge in [-0.25, -0.2) is 9.55 Å². The van der Waals surface area contributed by atoms with E-state index in [2.05, 4.69) is 10.2 Å². The van der Waals surface area contributed by atoms with Crippen LogP contribution in [0, 0.1) is 0 Å². The maximum atomic E-state index is 13.4. The SMILES string of the molecule is COc1ccc(/C=C/c2nc3ccccc3c(=O)n2-c2nnc(-c3cccc(Cl)c3)s2)cc1. The van der Waals surface area contributed by atoms with Gasteiger partial charge in [0.2, 0.25) is 5.13 Å². The Labute approximate surface area is 198 Å². The first-order chi connectivity index (χ1) is 16.1. The third-order valence-electron chi connectivity index (χ3n) is 5.02. The van der Waals surface area contributed by atoms with Crippen molar-refractivity contribution in [2.24, 2.45) is 0 Å². The number of methoxy groups -OCH3 is 1. The summed E-state index contributed by atoms with van der Waals surface area (Å²) in [5.74, 6) is 1.23. The van der Waals surface area contributed by atoms with Crippen LogP contribution in [0.5, 0.6) is 5.75 Å². The minimum Gasteiger partial charge on any atom is -0.497 e. The Morgan fingerprint density at radius 1 is 0.970 bits per heavy atom. The van der Waals surface area contributed by atoms with Crippen LogP contribution in [-0.4, -0.2) is 26.9 Å². The number of para-hydroxylation sites is 1. The molecule has 0 aliphatic carbocycles. The van der Waals surface area contributed by atoms with Crippen LogP contribution in [0.3, 0.4) is 0 Å². The molecule has 0 atom stereocenters. The van der Waals surface area contributed by atoms with Gasteiger partial charge in [0, 0.05) is 10.6 Å². The third-order valence-corrected chi connectivity index (χ3v) is 6.21. The molecule has 0 N–H and O–H groups in total. The molecule has 0 amide bonds. The number of fused-ring (bicyclic) bond motifs is 1. The molecular weight excluding hydrogens is 456 g/mol. The first-order valence-corrected chi connectivity index (χ1v) is 11.3. The van der Waals surface area contributed by atoms with E-state index in [4.69, 9.17) is 21.3 Å². The molecule has 33 heavy (non-hydrogen) atoms. The van der Waals surface area contributed by atoms with E-state index < -0.39 is 0 Å². The average Bonchev–Trinajstić information content (AvgIpc) is 3.33. The molecule has 8 heteroatoms. The number of ether oxygens (including phenoxy) is 1. The van der Waals surface area contributed by atoms with Crippen LogP contribution >= 0.6 is 22.9 Å². The molecule has 0 saturated carbocycles. The van der Waals surface area contributed by atoms with Crippen molar-refractivity contribution in [2.75, 3.05) is 7.11 Å². The van der Waals surface area contributed by atoms with Gasteiger partial charge in [-0.15, -0.1) is 10.2 Å². The third kappa shape index (κ3) is 4.28. The van der Waals surface area contributed by atoms with Crippen LogP contribution in [0.1, 0.15) is 11.4 Å². The number of hydrogen-bond donors (Lipinski definition) is 0. The summed E-state index contributed by atoms with van der Waals surface area (Å²) in [6, 6.07) is 22.3. The van der Waals surface area contributed by atoms with Crippen molar-refractivity contribution in [1.82, 2.24) is 19.7 Å². The first-order valence-electron chi connectivity index (χ1n) is 10.1. The van der Waals surface area contributed by atoms with Gasteiger partial charge in [-0.05, 0) is 48.0 Å². The molecule has 0 bridgehead atoms. The lowest BCUT2D eigenvalue weighted by molar-refractivity contribution is 0.415. The largest absolute Gasteiger partial charge is 0.497 e.